The van der Waals surface area contributed by atoms with Gasteiger partial charge in [0.05, 0.1) is 12.2 Å². The Balaban J connectivity index is 2.00. The van der Waals surface area contributed by atoms with E-state index in [-0.39, 0.29) is 30.4 Å². The SMILES string of the molecule is C[C@@H]1[C@@H]2O[C@H]3C[C@H](O[C@@H]1C(=O)O3)[C@H]2C. The topological polar surface area (TPSA) is 44.8 Å². The fourth-order valence-electron chi connectivity index (χ4n) is 2.78. The third-order valence-corrected chi connectivity index (χ3v) is 3.64. The lowest BCUT2D eigenvalue weighted by atomic mass is 9.80. The molecule has 0 saturated carbocycles. The molecule has 0 N–H and O–H groups in total. The average molecular weight is 198 g/mol. The van der Waals surface area contributed by atoms with Crippen molar-refractivity contribution in [1.82, 2.24) is 0 Å². The first-order valence-electron chi connectivity index (χ1n) is 5.18. The number of hydrogen-bond acceptors (Lipinski definition) is 4. The van der Waals surface area contributed by atoms with Crippen LogP contribution in [-0.4, -0.2) is 30.6 Å². The number of carbonyl (C=O) groups excluding carboxylic acids is 1. The summed E-state index contributed by atoms with van der Waals surface area (Å²) in [7, 11) is 0. The van der Waals surface area contributed by atoms with Gasteiger partial charge in [0.25, 0.3) is 0 Å². The largest absolute Gasteiger partial charge is 0.434 e. The van der Waals surface area contributed by atoms with Crippen LogP contribution >= 0.6 is 0 Å². The third-order valence-electron chi connectivity index (χ3n) is 3.64. The van der Waals surface area contributed by atoms with Gasteiger partial charge in [0.1, 0.15) is 0 Å². The molecule has 14 heavy (non-hydrogen) atoms. The van der Waals surface area contributed by atoms with Gasteiger partial charge in [0.15, 0.2) is 6.10 Å². The minimum absolute atomic E-state index is 0.110. The number of hydrogen-bond donors (Lipinski definition) is 0. The molecular formula is C10H14O4. The summed E-state index contributed by atoms with van der Waals surface area (Å²) in [6.45, 7) is 4.12. The monoisotopic (exact) mass is 198 g/mol. The maximum atomic E-state index is 11.6. The van der Waals surface area contributed by atoms with Crippen molar-refractivity contribution < 1.29 is 19.0 Å². The molecule has 0 amide bonds. The van der Waals surface area contributed by atoms with Crippen molar-refractivity contribution >= 4 is 5.97 Å². The van der Waals surface area contributed by atoms with E-state index in [1.165, 1.54) is 0 Å². The molecule has 0 aromatic rings. The lowest BCUT2D eigenvalue weighted by molar-refractivity contribution is -0.245. The quantitative estimate of drug-likeness (QED) is 0.537. The van der Waals surface area contributed by atoms with E-state index in [9.17, 15) is 4.79 Å². The number of esters is 1. The van der Waals surface area contributed by atoms with Crippen molar-refractivity contribution in [3.8, 4) is 0 Å². The van der Waals surface area contributed by atoms with Crippen molar-refractivity contribution in [1.29, 1.82) is 0 Å². The Labute approximate surface area is 82.5 Å². The van der Waals surface area contributed by atoms with Crippen molar-refractivity contribution in [2.75, 3.05) is 0 Å². The molecule has 4 bridgehead atoms. The van der Waals surface area contributed by atoms with E-state index in [1.807, 2.05) is 6.92 Å². The van der Waals surface area contributed by atoms with Crippen molar-refractivity contribution in [2.24, 2.45) is 11.8 Å². The van der Waals surface area contributed by atoms with Gasteiger partial charge in [0.2, 0.25) is 6.29 Å². The zero-order valence-corrected chi connectivity index (χ0v) is 8.30. The van der Waals surface area contributed by atoms with Crippen LogP contribution in [0.25, 0.3) is 0 Å². The third kappa shape index (κ3) is 0.982. The Bertz CT molecular complexity index is 277. The van der Waals surface area contributed by atoms with Crippen LogP contribution in [0.15, 0.2) is 0 Å². The maximum Gasteiger partial charge on any atom is 0.337 e. The Hall–Kier alpha value is -0.610. The highest BCUT2D eigenvalue weighted by Crippen LogP contribution is 2.42. The van der Waals surface area contributed by atoms with Gasteiger partial charge in [-0.05, 0) is 0 Å². The Morgan fingerprint density at radius 3 is 2.79 bits per heavy atom. The average Bonchev–Trinajstić information content (AvgIpc) is 2.31. The van der Waals surface area contributed by atoms with Crippen molar-refractivity contribution in [3.63, 3.8) is 0 Å². The van der Waals surface area contributed by atoms with E-state index < -0.39 is 6.10 Å². The van der Waals surface area contributed by atoms with E-state index in [0.29, 0.717) is 12.3 Å². The van der Waals surface area contributed by atoms with Gasteiger partial charge in [-0.15, -0.1) is 0 Å². The fourth-order valence-corrected chi connectivity index (χ4v) is 2.78. The fraction of sp³-hybridized carbons (Fsp3) is 0.900. The lowest BCUT2D eigenvalue weighted by Crippen LogP contribution is -2.54. The minimum Gasteiger partial charge on any atom is -0.434 e. The molecule has 0 aromatic carbocycles. The van der Waals surface area contributed by atoms with E-state index in [2.05, 4.69) is 6.92 Å². The van der Waals surface area contributed by atoms with E-state index in [1.54, 1.807) is 0 Å². The molecule has 4 aliphatic heterocycles. The smallest absolute Gasteiger partial charge is 0.337 e. The minimum atomic E-state index is -0.409. The molecule has 4 fully saturated rings. The van der Waals surface area contributed by atoms with Crippen molar-refractivity contribution in [3.05, 3.63) is 0 Å². The number of rotatable bonds is 0. The van der Waals surface area contributed by atoms with Crippen molar-refractivity contribution in [2.45, 2.75) is 44.9 Å². The number of ether oxygens (including phenoxy) is 3. The normalized spacial score (nSPS) is 55.7. The summed E-state index contributed by atoms with van der Waals surface area (Å²) in [5.74, 6) is 0.227. The molecule has 4 heteroatoms. The molecule has 0 unspecified atom stereocenters. The van der Waals surface area contributed by atoms with Crippen LogP contribution in [0.2, 0.25) is 0 Å². The van der Waals surface area contributed by atoms with Crippen LogP contribution < -0.4 is 0 Å². The summed E-state index contributed by atoms with van der Waals surface area (Å²) < 4.78 is 16.6. The predicted octanol–water partition coefficient (Wildman–Crippen LogP) is 0.698. The van der Waals surface area contributed by atoms with Crippen LogP contribution in [-0.2, 0) is 19.0 Å². The molecule has 4 rings (SSSR count). The number of fused-ring (bicyclic) bond motifs is 1. The molecule has 4 nitrogen and oxygen atoms in total. The second-order valence-corrected chi connectivity index (χ2v) is 4.52. The van der Waals surface area contributed by atoms with Gasteiger partial charge in [-0.2, -0.15) is 0 Å². The predicted molar refractivity (Wildman–Crippen MR) is 46.4 cm³/mol. The number of carbonyl (C=O) groups is 1. The van der Waals surface area contributed by atoms with Crippen LogP contribution in [0.1, 0.15) is 20.3 Å². The van der Waals surface area contributed by atoms with Crippen LogP contribution in [0, 0.1) is 11.8 Å². The summed E-state index contributed by atoms with van der Waals surface area (Å²) in [6, 6.07) is 0. The highest BCUT2D eigenvalue weighted by molar-refractivity contribution is 5.76. The summed E-state index contributed by atoms with van der Waals surface area (Å²) in [5.41, 5.74) is 0. The molecular weight excluding hydrogens is 184 g/mol. The summed E-state index contributed by atoms with van der Waals surface area (Å²) >= 11 is 0. The molecule has 78 valence electrons. The van der Waals surface area contributed by atoms with Crippen LogP contribution in [0.4, 0.5) is 0 Å². The zero-order valence-electron chi connectivity index (χ0n) is 8.30. The molecule has 0 radical (unpaired) electrons. The van der Waals surface area contributed by atoms with Crippen LogP contribution in [0.5, 0.6) is 0 Å². The molecule has 4 aliphatic rings. The van der Waals surface area contributed by atoms with Gasteiger partial charge in [0, 0.05) is 18.3 Å². The summed E-state index contributed by atoms with van der Waals surface area (Å²) in [5, 5.41) is 0. The van der Waals surface area contributed by atoms with Gasteiger partial charge < -0.3 is 14.2 Å². The molecule has 0 spiro atoms. The van der Waals surface area contributed by atoms with Gasteiger partial charge in [-0.3, -0.25) is 0 Å². The first-order valence-corrected chi connectivity index (χ1v) is 5.18. The van der Waals surface area contributed by atoms with E-state index >= 15 is 0 Å². The van der Waals surface area contributed by atoms with Gasteiger partial charge >= 0.3 is 5.97 Å². The standard InChI is InChI=1S/C10H14O4/c1-4-6-3-7-13-8(4)5(2)9(12-6)10(11)14-7/h4-9H,3H2,1-2H3/t4-,5-,6+,7-,8-,9+/m1/s1. The zero-order chi connectivity index (χ0) is 9.87. The van der Waals surface area contributed by atoms with Gasteiger partial charge in [-0.1, -0.05) is 13.8 Å². The molecule has 4 saturated heterocycles. The maximum absolute atomic E-state index is 11.6. The van der Waals surface area contributed by atoms with Gasteiger partial charge in [-0.25, -0.2) is 4.79 Å². The van der Waals surface area contributed by atoms with Crippen LogP contribution in [0.3, 0.4) is 0 Å². The second kappa shape index (κ2) is 2.70. The first kappa shape index (κ1) is 8.68. The molecule has 0 aromatic heterocycles. The van der Waals surface area contributed by atoms with E-state index in [4.69, 9.17) is 14.2 Å². The Kier molecular flexibility index (Phi) is 1.67. The molecule has 0 aliphatic carbocycles. The summed E-state index contributed by atoms with van der Waals surface area (Å²) in [4.78, 5) is 11.6. The Morgan fingerprint density at radius 2 is 2.00 bits per heavy atom. The van der Waals surface area contributed by atoms with E-state index in [0.717, 1.165) is 0 Å². The first-order chi connectivity index (χ1) is 6.66. The highest BCUT2D eigenvalue weighted by atomic mass is 16.7. The second-order valence-electron chi connectivity index (χ2n) is 4.52. The Morgan fingerprint density at radius 1 is 1.21 bits per heavy atom. The lowest BCUT2D eigenvalue weighted by Gasteiger charge is -2.45. The summed E-state index contributed by atoms with van der Waals surface area (Å²) in [6.07, 6.45) is 0.153. The molecule has 4 heterocycles. The molecule has 6 atom stereocenters. The highest BCUT2D eigenvalue weighted by Gasteiger charge is 2.54.